The van der Waals surface area contributed by atoms with E-state index in [9.17, 15) is 0 Å². The van der Waals surface area contributed by atoms with E-state index in [0.717, 1.165) is 25.7 Å². The molecule has 0 spiro atoms. The molecule has 0 radical (unpaired) electrons. The molecule has 1 aliphatic carbocycles. The normalized spacial score (nSPS) is 16.7. The van der Waals surface area contributed by atoms with Crippen LogP contribution in [0.1, 0.15) is 31.5 Å². The summed E-state index contributed by atoms with van der Waals surface area (Å²) >= 11 is 6.09. The molecule has 0 unspecified atom stereocenters. The van der Waals surface area contributed by atoms with Crippen molar-refractivity contribution >= 4 is 11.6 Å². The van der Waals surface area contributed by atoms with Gasteiger partial charge in [-0.3, -0.25) is 0 Å². The number of ether oxygens (including phenoxy) is 2. The van der Waals surface area contributed by atoms with E-state index >= 15 is 0 Å². The maximum absolute atomic E-state index is 6.38. The van der Waals surface area contributed by atoms with Crippen LogP contribution < -0.4 is 10.5 Å². The van der Waals surface area contributed by atoms with E-state index in [0.29, 0.717) is 41.3 Å². The van der Waals surface area contributed by atoms with Gasteiger partial charge in [0.2, 0.25) is 0 Å². The Bertz CT molecular complexity index is 668. The summed E-state index contributed by atoms with van der Waals surface area (Å²) < 4.78 is 16.1. The molecular weight excluding hydrogens is 318 g/mol. The largest absolute Gasteiger partial charge is 0.490 e. The Morgan fingerprint density at radius 2 is 2.09 bits per heavy atom. The van der Waals surface area contributed by atoms with Crippen molar-refractivity contribution in [2.24, 2.45) is 5.73 Å². The fourth-order valence-electron chi connectivity index (χ4n) is 2.79. The second-order valence-corrected chi connectivity index (χ2v) is 6.20. The Hall–Kier alpha value is -1.63. The number of hydrogen-bond acceptors (Lipinski definition) is 6. The van der Waals surface area contributed by atoms with Crippen LogP contribution in [0.3, 0.4) is 0 Å². The van der Waals surface area contributed by atoms with Crippen LogP contribution in [0, 0.1) is 0 Å². The fraction of sp³-hybridized carbons (Fsp3) is 0.500. The SMILES string of the molecule is COCCOc1ccc(Cl)cc1-c1nc(C2(N)CCCC2)no1. The Morgan fingerprint density at radius 1 is 1.30 bits per heavy atom. The number of aromatic nitrogens is 2. The maximum atomic E-state index is 6.38. The van der Waals surface area contributed by atoms with Crippen LogP contribution in [0.5, 0.6) is 5.75 Å². The minimum Gasteiger partial charge on any atom is -0.490 e. The first-order valence-corrected chi connectivity index (χ1v) is 8.05. The summed E-state index contributed by atoms with van der Waals surface area (Å²) in [7, 11) is 1.62. The summed E-state index contributed by atoms with van der Waals surface area (Å²) in [4.78, 5) is 4.49. The van der Waals surface area contributed by atoms with Gasteiger partial charge in [-0.1, -0.05) is 29.6 Å². The number of methoxy groups -OCH3 is 1. The Labute approximate surface area is 139 Å². The van der Waals surface area contributed by atoms with E-state index < -0.39 is 5.54 Å². The molecule has 23 heavy (non-hydrogen) atoms. The zero-order valence-corrected chi connectivity index (χ0v) is 13.8. The van der Waals surface area contributed by atoms with Crippen LogP contribution in [0.25, 0.3) is 11.5 Å². The highest BCUT2D eigenvalue weighted by Crippen LogP contribution is 2.37. The summed E-state index contributed by atoms with van der Waals surface area (Å²) in [5.41, 5.74) is 6.55. The Kier molecular flexibility index (Phi) is 4.84. The van der Waals surface area contributed by atoms with Crippen molar-refractivity contribution in [3.63, 3.8) is 0 Å². The maximum Gasteiger partial charge on any atom is 0.261 e. The standard InChI is InChI=1S/C16H20ClN3O3/c1-21-8-9-22-13-5-4-11(17)10-12(13)14-19-15(20-23-14)16(18)6-2-3-7-16/h4-5,10H,2-3,6-9,18H2,1H3. The third-order valence-electron chi connectivity index (χ3n) is 4.08. The predicted octanol–water partition coefficient (Wildman–Crippen LogP) is 3.14. The highest BCUT2D eigenvalue weighted by Gasteiger charge is 2.36. The van der Waals surface area contributed by atoms with E-state index in [1.54, 1.807) is 25.3 Å². The number of nitrogens with two attached hydrogens (primary N) is 1. The molecule has 0 amide bonds. The van der Waals surface area contributed by atoms with Crippen molar-refractivity contribution in [3.8, 4) is 17.2 Å². The van der Waals surface area contributed by atoms with Gasteiger partial charge in [-0.05, 0) is 31.0 Å². The van der Waals surface area contributed by atoms with Crippen molar-refractivity contribution in [2.45, 2.75) is 31.2 Å². The van der Waals surface area contributed by atoms with E-state index in [1.165, 1.54) is 0 Å². The van der Waals surface area contributed by atoms with Crippen molar-refractivity contribution < 1.29 is 14.0 Å². The summed E-state index contributed by atoms with van der Waals surface area (Å²) in [6.45, 7) is 0.913. The summed E-state index contributed by atoms with van der Waals surface area (Å²) in [5, 5.41) is 4.65. The second kappa shape index (κ2) is 6.86. The van der Waals surface area contributed by atoms with Crippen molar-refractivity contribution in [1.82, 2.24) is 10.1 Å². The molecule has 1 aromatic heterocycles. The van der Waals surface area contributed by atoms with Crippen molar-refractivity contribution in [1.29, 1.82) is 0 Å². The molecule has 1 heterocycles. The van der Waals surface area contributed by atoms with E-state index in [-0.39, 0.29) is 0 Å². The van der Waals surface area contributed by atoms with E-state index in [4.69, 9.17) is 31.3 Å². The minimum atomic E-state index is -0.489. The van der Waals surface area contributed by atoms with Crippen LogP contribution >= 0.6 is 11.6 Å². The minimum absolute atomic E-state index is 0.367. The lowest BCUT2D eigenvalue weighted by Crippen LogP contribution is -2.34. The van der Waals surface area contributed by atoms with Gasteiger partial charge in [0, 0.05) is 12.1 Å². The van der Waals surface area contributed by atoms with Crippen molar-refractivity contribution in [3.05, 3.63) is 29.0 Å². The van der Waals surface area contributed by atoms with Gasteiger partial charge in [-0.15, -0.1) is 0 Å². The Morgan fingerprint density at radius 3 is 2.83 bits per heavy atom. The highest BCUT2D eigenvalue weighted by atomic mass is 35.5. The van der Waals surface area contributed by atoms with E-state index in [1.807, 2.05) is 0 Å². The summed E-state index contributed by atoms with van der Waals surface area (Å²) in [6, 6.07) is 5.29. The highest BCUT2D eigenvalue weighted by molar-refractivity contribution is 6.30. The number of halogens is 1. The van der Waals surface area contributed by atoms with Crippen LogP contribution in [0.4, 0.5) is 0 Å². The topological polar surface area (TPSA) is 83.4 Å². The molecule has 1 aromatic carbocycles. The van der Waals surface area contributed by atoms with Crippen LogP contribution in [0.15, 0.2) is 22.7 Å². The number of nitrogens with zero attached hydrogens (tertiary/aromatic N) is 2. The lowest BCUT2D eigenvalue weighted by Gasteiger charge is -2.17. The molecule has 7 heteroatoms. The van der Waals surface area contributed by atoms with E-state index in [2.05, 4.69) is 10.1 Å². The summed E-state index contributed by atoms with van der Waals surface area (Å²) in [6.07, 6.45) is 3.92. The number of benzene rings is 1. The first kappa shape index (κ1) is 16.2. The lowest BCUT2D eigenvalue weighted by atomic mass is 9.99. The van der Waals surface area contributed by atoms with Gasteiger partial charge >= 0.3 is 0 Å². The van der Waals surface area contributed by atoms with Crippen molar-refractivity contribution in [2.75, 3.05) is 20.3 Å². The monoisotopic (exact) mass is 337 g/mol. The predicted molar refractivity (Wildman–Crippen MR) is 86.4 cm³/mol. The molecule has 1 saturated carbocycles. The Balaban J connectivity index is 1.88. The molecule has 0 atom stereocenters. The molecule has 3 rings (SSSR count). The fourth-order valence-corrected chi connectivity index (χ4v) is 2.97. The van der Waals surface area contributed by atoms with Gasteiger partial charge in [0.25, 0.3) is 5.89 Å². The first-order valence-electron chi connectivity index (χ1n) is 7.67. The molecule has 2 aromatic rings. The quantitative estimate of drug-likeness (QED) is 0.815. The van der Waals surface area contributed by atoms with Gasteiger partial charge in [0.1, 0.15) is 12.4 Å². The molecule has 1 aliphatic rings. The average Bonchev–Trinajstić information content (AvgIpc) is 3.19. The molecule has 1 fully saturated rings. The number of rotatable bonds is 6. The van der Waals surface area contributed by atoms with Crippen LogP contribution in [-0.2, 0) is 10.3 Å². The summed E-state index contributed by atoms with van der Waals surface area (Å²) in [5.74, 6) is 1.54. The van der Waals surface area contributed by atoms with Crippen LogP contribution in [0.2, 0.25) is 5.02 Å². The molecule has 0 bridgehead atoms. The zero-order valence-electron chi connectivity index (χ0n) is 13.0. The van der Waals surface area contributed by atoms with Gasteiger partial charge in [0.05, 0.1) is 17.7 Å². The first-order chi connectivity index (χ1) is 11.1. The smallest absolute Gasteiger partial charge is 0.261 e. The zero-order chi connectivity index (χ0) is 16.3. The molecule has 2 N–H and O–H groups in total. The second-order valence-electron chi connectivity index (χ2n) is 5.77. The third-order valence-corrected chi connectivity index (χ3v) is 4.32. The van der Waals surface area contributed by atoms with Gasteiger partial charge in [0.15, 0.2) is 5.82 Å². The van der Waals surface area contributed by atoms with Gasteiger partial charge in [-0.2, -0.15) is 4.98 Å². The average molecular weight is 338 g/mol. The van der Waals surface area contributed by atoms with Gasteiger partial charge < -0.3 is 19.7 Å². The lowest BCUT2D eigenvalue weighted by molar-refractivity contribution is 0.146. The number of hydrogen-bond donors (Lipinski definition) is 1. The molecule has 6 nitrogen and oxygen atoms in total. The van der Waals surface area contributed by atoms with Gasteiger partial charge in [-0.25, -0.2) is 0 Å². The molecule has 124 valence electrons. The molecule has 0 saturated heterocycles. The molecular formula is C16H20ClN3O3. The van der Waals surface area contributed by atoms with Crippen LogP contribution in [-0.4, -0.2) is 30.5 Å². The third kappa shape index (κ3) is 3.49. The molecule has 0 aliphatic heterocycles.